The standard InChI is InChI=1S/C18H30N4O3/c23-17(13-5-7-14(8-6-13)18(24)22-25)21-19-11-15-10-9-12-3-1-2-4-16(12)20-15/h11-16,20,25H,1-10H2,(H,21,23)(H,22,24)/b19-11+. The lowest BCUT2D eigenvalue weighted by atomic mass is 9.78. The van der Waals surface area contributed by atoms with Gasteiger partial charge in [-0.05, 0) is 57.3 Å². The SMILES string of the molecule is O=C(NO)C1CCC(C(=O)N/N=C/C2CCC3CCCCC3N2)CC1. The summed E-state index contributed by atoms with van der Waals surface area (Å²) in [5.41, 5.74) is 4.37. The molecule has 2 saturated carbocycles. The number of piperidine rings is 1. The number of amides is 2. The molecule has 0 aromatic heterocycles. The Morgan fingerprint density at radius 1 is 0.920 bits per heavy atom. The summed E-state index contributed by atoms with van der Waals surface area (Å²) in [4.78, 5) is 23.6. The lowest BCUT2D eigenvalue weighted by molar-refractivity contribution is -0.136. The Kier molecular flexibility index (Phi) is 6.42. The van der Waals surface area contributed by atoms with Crippen LogP contribution in [0.5, 0.6) is 0 Å². The van der Waals surface area contributed by atoms with Crippen molar-refractivity contribution in [3.05, 3.63) is 0 Å². The van der Waals surface area contributed by atoms with E-state index in [9.17, 15) is 9.59 Å². The molecule has 7 nitrogen and oxygen atoms in total. The van der Waals surface area contributed by atoms with Crippen molar-refractivity contribution in [3.63, 3.8) is 0 Å². The largest absolute Gasteiger partial charge is 0.306 e. The molecule has 7 heteroatoms. The minimum atomic E-state index is -0.346. The van der Waals surface area contributed by atoms with Gasteiger partial charge in [-0.1, -0.05) is 12.8 Å². The fourth-order valence-corrected chi connectivity index (χ4v) is 4.63. The Bertz CT molecular complexity index is 503. The van der Waals surface area contributed by atoms with Crippen LogP contribution in [0.4, 0.5) is 0 Å². The number of hydrogen-bond acceptors (Lipinski definition) is 5. The summed E-state index contributed by atoms with van der Waals surface area (Å²) in [6, 6.07) is 0.867. The third-order valence-electron chi connectivity index (χ3n) is 6.19. The zero-order valence-corrected chi connectivity index (χ0v) is 14.7. The highest BCUT2D eigenvalue weighted by Gasteiger charge is 2.31. The van der Waals surface area contributed by atoms with E-state index in [4.69, 9.17) is 5.21 Å². The number of hydroxylamine groups is 1. The number of nitrogens with one attached hydrogen (secondary N) is 3. The molecule has 0 aromatic carbocycles. The molecular weight excluding hydrogens is 320 g/mol. The minimum Gasteiger partial charge on any atom is -0.306 e. The van der Waals surface area contributed by atoms with Crippen LogP contribution in [0.25, 0.3) is 0 Å². The quantitative estimate of drug-likeness (QED) is 0.352. The molecule has 0 aromatic rings. The van der Waals surface area contributed by atoms with E-state index in [1.54, 1.807) is 5.48 Å². The van der Waals surface area contributed by atoms with Gasteiger partial charge < -0.3 is 5.32 Å². The van der Waals surface area contributed by atoms with Gasteiger partial charge in [0.2, 0.25) is 11.8 Å². The Balaban J connectivity index is 1.39. The van der Waals surface area contributed by atoms with Gasteiger partial charge in [0, 0.05) is 30.1 Å². The number of carbonyl (C=O) groups is 2. The molecule has 3 rings (SSSR count). The first-order chi connectivity index (χ1) is 12.2. The molecule has 3 atom stereocenters. The maximum atomic E-state index is 12.2. The van der Waals surface area contributed by atoms with E-state index in [1.807, 2.05) is 6.21 Å². The van der Waals surface area contributed by atoms with Crippen molar-refractivity contribution in [1.82, 2.24) is 16.2 Å². The van der Waals surface area contributed by atoms with Crippen molar-refractivity contribution >= 4 is 18.0 Å². The monoisotopic (exact) mass is 350 g/mol. The first kappa shape index (κ1) is 18.3. The van der Waals surface area contributed by atoms with Gasteiger partial charge >= 0.3 is 0 Å². The van der Waals surface area contributed by atoms with Crippen LogP contribution in [0.2, 0.25) is 0 Å². The van der Waals surface area contributed by atoms with E-state index in [2.05, 4.69) is 15.8 Å². The van der Waals surface area contributed by atoms with Crippen LogP contribution in [-0.4, -0.2) is 35.3 Å². The van der Waals surface area contributed by atoms with Gasteiger partial charge in [0.15, 0.2) is 0 Å². The first-order valence-corrected chi connectivity index (χ1v) is 9.70. The van der Waals surface area contributed by atoms with Crippen molar-refractivity contribution in [3.8, 4) is 0 Å². The summed E-state index contributed by atoms with van der Waals surface area (Å²) < 4.78 is 0. The predicted molar refractivity (Wildman–Crippen MR) is 93.9 cm³/mol. The zero-order chi connectivity index (χ0) is 17.6. The highest BCUT2D eigenvalue weighted by atomic mass is 16.5. The Labute approximate surface area is 149 Å². The molecule has 3 fully saturated rings. The normalized spacial score (nSPS) is 35.8. The van der Waals surface area contributed by atoms with Crippen molar-refractivity contribution < 1.29 is 14.8 Å². The van der Waals surface area contributed by atoms with E-state index < -0.39 is 0 Å². The van der Waals surface area contributed by atoms with Crippen molar-refractivity contribution in [2.75, 3.05) is 0 Å². The average Bonchev–Trinajstić information content (AvgIpc) is 2.67. The number of hydrazone groups is 1. The summed E-state index contributed by atoms with van der Waals surface area (Å²) in [6.07, 6.45) is 12.0. The topological polar surface area (TPSA) is 103 Å². The van der Waals surface area contributed by atoms with Gasteiger partial charge in [-0.2, -0.15) is 5.10 Å². The molecule has 0 radical (unpaired) electrons. The Hall–Kier alpha value is -1.47. The second-order valence-corrected chi connectivity index (χ2v) is 7.78. The Morgan fingerprint density at radius 3 is 2.32 bits per heavy atom. The molecule has 4 N–H and O–H groups in total. The number of rotatable bonds is 4. The van der Waals surface area contributed by atoms with E-state index in [-0.39, 0.29) is 29.7 Å². The van der Waals surface area contributed by atoms with Crippen molar-refractivity contribution in [2.24, 2.45) is 22.9 Å². The predicted octanol–water partition coefficient (Wildman–Crippen LogP) is 1.71. The maximum absolute atomic E-state index is 12.2. The van der Waals surface area contributed by atoms with Crippen LogP contribution >= 0.6 is 0 Å². The summed E-state index contributed by atoms with van der Waals surface area (Å²) in [6.45, 7) is 0. The van der Waals surface area contributed by atoms with Crippen molar-refractivity contribution in [1.29, 1.82) is 0 Å². The summed E-state index contributed by atoms with van der Waals surface area (Å²) in [7, 11) is 0. The zero-order valence-electron chi connectivity index (χ0n) is 14.7. The molecule has 2 aliphatic carbocycles. The molecule has 3 unspecified atom stereocenters. The van der Waals surface area contributed by atoms with E-state index in [0.717, 1.165) is 12.3 Å². The van der Waals surface area contributed by atoms with Crippen LogP contribution in [0.3, 0.4) is 0 Å². The third kappa shape index (κ3) is 4.79. The Morgan fingerprint density at radius 2 is 1.60 bits per heavy atom. The number of fused-ring (bicyclic) bond motifs is 1. The van der Waals surface area contributed by atoms with E-state index in [0.29, 0.717) is 31.7 Å². The number of hydrogen-bond donors (Lipinski definition) is 4. The lowest BCUT2D eigenvalue weighted by Gasteiger charge is -2.39. The molecule has 1 heterocycles. The number of carbonyl (C=O) groups excluding carboxylic acids is 2. The smallest absolute Gasteiger partial charge is 0.246 e. The van der Waals surface area contributed by atoms with Gasteiger partial charge in [0.1, 0.15) is 0 Å². The maximum Gasteiger partial charge on any atom is 0.246 e. The molecule has 2 amide bonds. The highest BCUT2D eigenvalue weighted by molar-refractivity contribution is 5.81. The van der Waals surface area contributed by atoms with Crippen LogP contribution in [0.1, 0.15) is 64.2 Å². The fourth-order valence-electron chi connectivity index (χ4n) is 4.63. The molecule has 1 aliphatic heterocycles. The van der Waals surface area contributed by atoms with Gasteiger partial charge in [0.25, 0.3) is 0 Å². The summed E-state index contributed by atoms with van der Waals surface area (Å²) in [5.74, 6) is 0.125. The van der Waals surface area contributed by atoms with Gasteiger partial charge in [-0.25, -0.2) is 10.9 Å². The summed E-state index contributed by atoms with van der Waals surface area (Å²) >= 11 is 0. The van der Waals surface area contributed by atoms with Crippen molar-refractivity contribution in [2.45, 2.75) is 76.3 Å². The van der Waals surface area contributed by atoms with Gasteiger partial charge in [-0.3, -0.25) is 14.8 Å². The molecule has 3 aliphatic rings. The second-order valence-electron chi connectivity index (χ2n) is 7.78. The minimum absolute atomic E-state index is 0.0644. The molecule has 1 saturated heterocycles. The molecule has 140 valence electrons. The highest BCUT2D eigenvalue weighted by Crippen LogP contribution is 2.32. The third-order valence-corrected chi connectivity index (χ3v) is 6.19. The van der Waals surface area contributed by atoms with Crippen LogP contribution in [0, 0.1) is 17.8 Å². The van der Waals surface area contributed by atoms with Crippen LogP contribution in [0.15, 0.2) is 5.10 Å². The van der Waals surface area contributed by atoms with Crippen LogP contribution < -0.4 is 16.2 Å². The number of nitrogens with zero attached hydrogens (tertiary/aromatic N) is 1. The van der Waals surface area contributed by atoms with Crippen LogP contribution in [-0.2, 0) is 9.59 Å². The first-order valence-electron chi connectivity index (χ1n) is 9.70. The average molecular weight is 350 g/mol. The molecule has 25 heavy (non-hydrogen) atoms. The molecular formula is C18H30N4O3. The van der Waals surface area contributed by atoms with E-state index >= 15 is 0 Å². The fraction of sp³-hybridized carbons (Fsp3) is 0.833. The van der Waals surface area contributed by atoms with Gasteiger partial charge in [-0.15, -0.1) is 0 Å². The second kappa shape index (κ2) is 8.76. The van der Waals surface area contributed by atoms with E-state index in [1.165, 1.54) is 32.1 Å². The molecule has 0 bridgehead atoms. The summed E-state index contributed by atoms with van der Waals surface area (Å²) in [5, 5.41) is 16.5. The lowest BCUT2D eigenvalue weighted by Crippen LogP contribution is -2.49. The van der Waals surface area contributed by atoms with Gasteiger partial charge in [0.05, 0.1) is 0 Å². The molecule has 0 spiro atoms.